The van der Waals surface area contributed by atoms with Crippen LogP contribution in [0.1, 0.15) is 12.0 Å². The minimum Gasteiger partial charge on any atom is -0.485 e. The molecule has 0 bridgehead atoms. The second kappa shape index (κ2) is 4.06. The summed E-state index contributed by atoms with van der Waals surface area (Å²) in [6.07, 6.45) is 6.60. The largest absolute Gasteiger partial charge is 0.485 e. The zero-order chi connectivity index (χ0) is 11.7. The number of rotatable bonds is 3. The van der Waals surface area contributed by atoms with Gasteiger partial charge in [0.1, 0.15) is 6.61 Å². The molecule has 0 fully saturated rings. The highest BCUT2D eigenvalue weighted by molar-refractivity contribution is 6.12. The number of hydrogen-bond acceptors (Lipinski definition) is 2. The van der Waals surface area contributed by atoms with Crippen LogP contribution in [0.25, 0.3) is 0 Å². The van der Waals surface area contributed by atoms with Gasteiger partial charge in [-0.2, -0.15) is 0 Å². The molecule has 17 heavy (non-hydrogen) atoms. The van der Waals surface area contributed by atoms with E-state index >= 15 is 0 Å². The maximum Gasteiger partial charge on any atom is 0.227 e. The minimum absolute atomic E-state index is 0.0182. The minimum atomic E-state index is 0.0182. The van der Waals surface area contributed by atoms with Gasteiger partial charge in [0.25, 0.3) is 0 Å². The van der Waals surface area contributed by atoms with Crippen molar-refractivity contribution in [1.29, 1.82) is 0 Å². The average Bonchev–Trinajstić information content (AvgIpc) is 2.32. The van der Waals surface area contributed by atoms with Crippen LogP contribution < -0.4 is 0 Å². The van der Waals surface area contributed by atoms with Crippen LogP contribution in [0.15, 0.2) is 65.5 Å². The summed E-state index contributed by atoms with van der Waals surface area (Å²) in [5.74, 6) is 0.466. The average molecular weight is 224 g/mol. The van der Waals surface area contributed by atoms with Crippen LogP contribution in [-0.4, -0.2) is 5.78 Å². The molecule has 84 valence electrons. The standard InChI is InChI=1S/C15H12O2/c16-15-13-8-6-12(13)7-9-14(15)17-10-11-4-2-1-3-5-11/h1-5,7-9H,6,10H2. The molecular weight excluding hydrogens is 212 g/mol. The summed E-state index contributed by atoms with van der Waals surface area (Å²) in [7, 11) is 0. The second-order valence-electron chi connectivity index (χ2n) is 4.15. The van der Waals surface area contributed by atoms with Gasteiger partial charge in [-0.3, -0.25) is 4.79 Å². The molecule has 0 atom stereocenters. The smallest absolute Gasteiger partial charge is 0.227 e. The van der Waals surface area contributed by atoms with Gasteiger partial charge in [0.05, 0.1) is 0 Å². The molecule has 0 amide bonds. The maximum atomic E-state index is 11.9. The summed E-state index contributed by atoms with van der Waals surface area (Å²) in [6, 6.07) is 9.85. The number of ether oxygens (including phenoxy) is 1. The van der Waals surface area contributed by atoms with Crippen LogP contribution in [-0.2, 0) is 16.1 Å². The molecule has 0 spiro atoms. The Labute approximate surface area is 99.9 Å². The zero-order valence-corrected chi connectivity index (χ0v) is 9.35. The lowest BCUT2D eigenvalue weighted by molar-refractivity contribution is -0.115. The molecule has 0 radical (unpaired) electrons. The van der Waals surface area contributed by atoms with Gasteiger partial charge < -0.3 is 4.74 Å². The van der Waals surface area contributed by atoms with Crippen LogP contribution in [0.2, 0.25) is 0 Å². The van der Waals surface area contributed by atoms with Crippen molar-refractivity contribution in [2.24, 2.45) is 0 Å². The van der Waals surface area contributed by atoms with E-state index in [0.717, 1.165) is 23.1 Å². The molecule has 0 heterocycles. The Balaban J connectivity index is 1.71. The van der Waals surface area contributed by atoms with Crippen molar-refractivity contribution < 1.29 is 9.53 Å². The zero-order valence-electron chi connectivity index (χ0n) is 9.35. The fraction of sp³-hybridized carbons (Fsp3) is 0.133. The normalized spacial score (nSPS) is 17.4. The lowest BCUT2D eigenvalue weighted by Crippen LogP contribution is -2.18. The molecule has 0 aromatic heterocycles. The fourth-order valence-corrected chi connectivity index (χ4v) is 1.95. The number of benzene rings is 1. The molecule has 0 N–H and O–H groups in total. The van der Waals surface area contributed by atoms with E-state index in [1.165, 1.54) is 0 Å². The van der Waals surface area contributed by atoms with Crippen molar-refractivity contribution in [1.82, 2.24) is 0 Å². The molecule has 2 nitrogen and oxygen atoms in total. The fourth-order valence-electron chi connectivity index (χ4n) is 1.95. The summed E-state index contributed by atoms with van der Waals surface area (Å²) in [4.78, 5) is 11.9. The molecular formula is C15H12O2. The third-order valence-electron chi connectivity index (χ3n) is 3.01. The molecule has 0 unspecified atom stereocenters. The van der Waals surface area contributed by atoms with Gasteiger partial charge in [-0.1, -0.05) is 42.5 Å². The Morgan fingerprint density at radius 3 is 2.65 bits per heavy atom. The van der Waals surface area contributed by atoms with Crippen molar-refractivity contribution >= 4 is 5.78 Å². The molecule has 2 aliphatic carbocycles. The Morgan fingerprint density at radius 1 is 1.12 bits per heavy atom. The van der Waals surface area contributed by atoms with Gasteiger partial charge in [-0.05, 0) is 23.6 Å². The van der Waals surface area contributed by atoms with E-state index in [-0.39, 0.29) is 5.78 Å². The molecule has 0 saturated heterocycles. The van der Waals surface area contributed by atoms with E-state index in [4.69, 9.17) is 4.74 Å². The van der Waals surface area contributed by atoms with E-state index < -0.39 is 0 Å². The van der Waals surface area contributed by atoms with Gasteiger partial charge in [0.15, 0.2) is 5.76 Å². The topological polar surface area (TPSA) is 26.3 Å². The van der Waals surface area contributed by atoms with Gasteiger partial charge in [0, 0.05) is 5.57 Å². The van der Waals surface area contributed by atoms with Crippen LogP contribution in [0.5, 0.6) is 0 Å². The van der Waals surface area contributed by atoms with E-state index in [0.29, 0.717) is 12.4 Å². The summed E-state index contributed by atoms with van der Waals surface area (Å²) in [5.41, 5.74) is 3.01. The highest BCUT2D eigenvalue weighted by Gasteiger charge is 2.27. The summed E-state index contributed by atoms with van der Waals surface area (Å²) in [6.45, 7) is 0.439. The van der Waals surface area contributed by atoms with Crippen molar-refractivity contribution in [3.05, 3.63) is 71.0 Å². The lowest BCUT2D eigenvalue weighted by atomic mass is 9.84. The van der Waals surface area contributed by atoms with Crippen molar-refractivity contribution in [3.8, 4) is 0 Å². The number of hydrogen-bond donors (Lipinski definition) is 0. The Morgan fingerprint density at radius 2 is 1.94 bits per heavy atom. The highest BCUT2D eigenvalue weighted by atomic mass is 16.5. The quantitative estimate of drug-likeness (QED) is 0.789. The first-order valence-electron chi connectivity index (χ1n) is 5.67. The molecule has 1 aromatic rings. The first-order chi connectivity index (χ1) is 8.34. The third-order valence-corrected chi connectivity index (χ3v) is 3.01. The molecule has 3 rings (SSSR count). The molecule has 1 aromatic carbocycles. The van der Waals surface area contributed by atoms with Crippen LogP contribution in [0.4, 0.5) is 0 Å². The van der Waals surface area contributed by atoms with E-state index in [9.17, 15) is 4.79 Å². The second-order valence-corrected chi connectivity index (χ2v) is 4.15. The van der Waals surface area contributed by atoms with E-state index in [1.54, 1.807) is 6.08 Å². The third kappa shape index (κ3) is 1.82. The SMILES string of the molecule is O=C1C(OCc2ccccc2)=CC=C2CC=C12. The van der Waals surface area contributed by atoms with Crippen LogP contribution in [0, 0.1) is 0 Å². The van der Waals surface area contributed by atoms with Gasteiger partial charge in [-0.25, -0.2) is 0 Å². The first kappa shape index (κ1) is 10.1. The van der Waals surface area contributed by atoms with Crippen LogP contribution >= 0.6 is 0 Å². The predicted octanol–water partition coefficient (Wildman–Crippen LogP) is 2.93. The number of carbonyl (C=O) groups excluding carboxylic acids is 1. The maximum absolute atomic E-state index is 11.9. The van der Waals surface area contributed by atoms with Crippen molar-refractivity contribution in [3.63, 3.8) is 0 Å². The van der Waals surface area contributed by atoms with Gasteiger partial charge >= 0.3 is 0 Å². The number of fused-ring (bicyclic) bond motifs is 1. The Kier molecular flexibility index (Phi) is 2.41. The highest BCUT2D eigenvalue weighted by Crippen LogP contribution is 2.32. The predicted molar refractivity (Wildman–Crippen MR) is 65.1 cm³/mol. The number of ketones is 1. The molecule has 0 saturated carbocycles. The van der Waals surface area contributed by atoms with Crippen molar-refractivity contribution in [2.75, 3.05) is 0 Å². The summed E-state index contributed by atoms with van der Waals surface area (Å²) in [5, 5.41) is 0. The van der Waals surface area contributed by atoms with Gasteiger partial charge in [0.2, 0.25) is 5.78 Å². The monoisotopic (exact) mass is 224 g/mol. The van der Waals surface area contributed by atoms with Gasteiger partial charge in [-0.15, -0.1) is 0 Å². The Hall–Kier alpha value is -2.09. The van der Waals surface area contributed by atoms with Crippen LogP contribution in [0.3, 0.4) is 0 Å². The van der Waals surface area contributed by atoms with E-state index in [2.05, 4.69) is 0 Å². The molecule has 2 aliphatic rings. The van der Waals surface area contributed by atoms with Crippen molar-refractivity contribution in [2.45, 2.75) is 13.0 Å². The lowest BCUT2D eigenvalue weighted by Gasteiger charge is -2.22. The number of allylic oxidation sites excluding steroid dienone is 5. The first-order valence-corrected chi connectivity index (χ1v) is 5.67. The number of carbonyl (C=O) groups is 1. The Bertz CT molecular complexity index is 548. The molecule has 2 heteroatoms. The number of Topliss-reactive ketones (excluding diaryl/α,β-unsaturated/α-hetero) is 1. The van der Waals surface area contributed by atoms with E-state index in [1.807, 2.05) is 42.5 Å². The molecule has 0 aliphatic heterocycles. The summed E-state index contributed by atoms with van der Waals surface area (Å²) >= 11 is 0. The summed E-state index contributed by atoms with van der Waals surface area (Å²) < 4.78 is 5.56.